The van der Waals surface area contributed by atoms with Crippen molar-refractivity contribution < 1.29 is 19.6 Å². The first-order valence-corrected chi connectivity index (χ1v) is 7.60. The Labute approximate surface area is 125 Å². The van der Waals surface area contributed by atoms with E-state index in [-0.39, 0.29) is 24.3 Å². The molecule has 1 aromatic rings. The second-order valence-electron chi connectivity index (χ2n) is 5.24. The number of ether oxygens (including phenoxy) is 1. The first-order valence-electron chi connectivity index (χ1n) is 7.60. The highest BCUT2D eigenvalue weighted by molar-refractivity contribution is 6.21. The summed E-state index contributed by atoms with van der Waals surface area (Å²) in [6.45, 7) is 5.63. The SMILES string of the molecule is CCC[NH2+][C@H]1CC(=O)N(c2ccc(OCCC)cc2)C1=O. The summed E-state index contributed by atoms with van der Waals surface area (Å²) in [6, 6.07) is 6.86. The third kappa shape index (κ3) is 3.61. The van der Waals surface area contributed by atoms with E-state index in [2.05, 4.69) is 6.92 Å². The quantitative estimate of drug-likeness (QED) is 0.765. The van der Waals surface area contributed by atoms with Crippen molar-refractivity contribution in [3.05, 3.63) is 24.3 Å². The molecular formula is C16H23N2O3+. The molecule has 0 unspecified atom stereocenters. The second kappa shape index (κ2) is 7.22. The molecule has 1 aliphatic heterocycles. The van der Waals surface area contributed by atoms with Gasteiger partial charge >= 0.3 is 0 Å². The highest BCUT2D eigenvalue weighted by Gasteiger charge is 2.41. The Morgan fingerprint density at radius 3 is 2.52 bits per heavy atom. The lowest BCUT2D eigenvalue weighted by Crippen LogP contribution is -2.91. The lowest BCUT2D eigenvalue weighted by atomic mass is 10.2. The van der Waals surface area contributed by atoms with Crippen LogP contribution in [0, 0.1) is 0 Å². The summed E-state index contributed by atoms with van der Waals surface area (Å²) >= 11 is 0. The van der Waals surface area contributed by atoms with Crippen LogP contribution in [0.1, 0.15) is 33.1 Å². The fourth-order valence-electron chi connectivity index (χ4n) is 2.39. The van der Waals surface area contributed by atoms with Gasteiger partial charge in [0.1, 0.15) is 5.75 Å². The van der Waals surface area contributed by atoms with E-state index in [1.165, 1.54) is 4.90 Å². The number of nitrogens with zero attached hydrogens (tertiary/aromatic N) is 1. The molecule has 1 aromatic carbocycles. The molecule has 0 bridgehead atoms. The molecule has 0 radical (unpaired) electrons. The fraction of sp³-hybridized carbons (Fsp3) is 0.500. The maximum Gasteiger partial charge on any atom is 0.292 e. The van der Waals surface area contributed by atoms with Gasteiger partial charge in [0, 0.05) is 0 Å². The number of anilines is 1. The minimum atomic E-state index is -0.270. The van der Waals surface area contributed by atoms with E-state index in [1.54, 1.807) is 24.3 Å². The van der Waals surface area contributed by atoms with Crippen LogP contribution < -0.4 is 15.0 Å². The van der Waals surface area contributed by atoms with Crippen molar-refractivity contribution in [2.45, 2.75) is 39.2 Å². The van der Waals surface area contributed by atoms with Gasteiger partial charge in [0.05, 0.1) is 25.3 Å². The molecule has 1 saturated heterocycles. The van der Waals surface area contributed by atoms with Crippen molar-refractivity contribution in [1.29, 1.82) is 0 Å². The van der Waals surface area contributed by atoms with E-state index in [1.807, 2.05) is 12.2 Å². The van der Waals surface area contributed by atoms with Gasteiger partial charge in [-0.1, -0.05) is 13.8 Å². The van der Waals surface area contributed by atoms with Crippen LogP contribution in [0.2, 0.25) is 0 Å². The summed E-state index contributed by atoms with van der Waals surface area (Å²) in [4.78, 5) is 25.7. The smallest absolute Gasteiger partial charge is 0.292 e. The van der Waals surface area contributed by atoms with Gasteiger partial charge in [-0.25, -0.2) is 4.90 Å². The Bertz CT molecular complexity index is 499. The highest BCUT2D eigenvalue weighted by atomic mass is 16.5. The average molecular weight is 291 g/mol. The monoisotopic (exact) mass is 291 g/mol. The summed E-state index contributed by atoms with van der Waals surface area (Å²) in [5, 5.41) is 1.96. The largest absolute Gasteiger partial charge is 0.494 e. The number of carbonyl (C=O) groups excluding carboxylic acids is 2. The summed E-state index contributed by atoms with van der Waals surface area (Å²) in [6.07, 6.45) is 2.22. The number of rotatable bonds is 7. The van der Waals surface area contributed by atoms with Gasteiger partial charge in [0.15, 0.2) is 6.04 Å². The Morgan fingerprint density at radius 1 is 1.19 bits per heavy atom. The van der Waals surface area contributed by atoms with Crippen LogP contribution in [0.4, 0.5) is 5.69 Å². The molecule has 1 atom stereocenters. The maximum atomic E-state index is 12.3. The third-order valence-electron chi connectivity index (χ3n) is 3.49. The van der Waals surface area contributed by atoms with Crippen LogP contribution in [0.25, 0.3) is 0 Å². The molecule has 1 fully saturated rings. The zero-order valence-corrected chi connectivity index (χ0v) is 12.7. The van der Waals surface area contributed by atoms with Gasteiger partial charge in [-0.3, -0.25) is 9.59 Å². The van der Waals surface area contributed by atoms with Crippen LogP contribution in [-0.4, -0.2) is 31.0 Å². The number of imide groups is 1. The Balaban J connectivity index is 2.06. The maximum absolute atomic E-state index is 12.3. The molecule has 2 N–H and O–H groups in total. The second-order valence-corrected chi connectivity index (χ2v) is 5.24. The standard InChI is InChI=1S/C16H22N2O3/c1-3-9-17-14-11-15(19)18(16(14)20)12-5-7-13(8-6-12)21-10-4-2/h5-8,14,17H,3-4,9-11H2,1-2H3/p+1/t14-/m0/s1. The fourth-order valence-corrected chi connectivity index (χ4v) is 2.39. The Morgan fingerprint density at radius 2 is 1.90 bits per heavy atom. The van der Waals surface area contributed by atoms with Gasteiger partial charge in [-0.2, -0.15) is 0 Å². The average Bonchev–Trinajstić information content (AvgIpc) is 2.78. The van der Waals surface area contributed by atoms with Gasteiger partial charge in [-0.05, 0) is 37.1 Å². The van der Waals surface area contributed by atoms with E-state index < -0.39 is 0 Å². The summed E-state index contributed by atoms with van der Waals surface area (Å²) in [5.41, 5.74) is 0.626. The van der Waals surface area contributed by atoms with E-state index in [9.17, 15) is 9.59 Å². The highest BCUT2D eigenvalue weighted by Crippen LogP contribution is 2.24. The number of quaternary nitrogens is 1. The van der Waals surface area contributed by atoms with Crippen LogP contribution in [0.15, 0.2) is 24.3 Å². The predicted molar refractivity (Wildman–Crippen MR) is 80.2 cm³/mol. The lowest BCUT2D eigenvalue weighted by Gasteiger charge is -2.14. The minimum absolute atomic E-state index is 0.115. The first-order chi connectivity index (χ1) is 10.2. The molecule has 2 amide bonds. The van der Waals surface area contributed by atoms with Crippen LogP contribution in [-0.2, 0) is 9.59 Å². The van der Waals surface area contributed by atoms with Crippen molar-refractivity contribution in [3.63, 3.8) is 0 Å². The third-order valence-corrected chi connectivity index (χ3v) is 3.49. The Hall–Kier alpha value is -1.88. The van der Waals surface area contributed by atoms with E-state index >= 15 is 0 Å². The van der Waals surface area contributed by atoms with Gasteiger partial charge < -0.3 is 10.1 Å². The van der Waals surface area contributed by atoms with Crippen LogP contribution >= 0.6 is 0 Å². The van der Waals surface area contributed by atoms with Crippen LogP contribution in [0.5, 0.6) is 5.75 Å². The number of carbonyl (C=O) groups is 2. The predicted octanol–water partition coefficient (Wildman–Crippen LogP) is 1.08. The zero-order chi connectivity index (χ0) is 15.2. The zero-order valence-electron chi connectivity index (χ0n) is 12.7. The van der Waals surface area contributed by atoms with Gasteiger partial charge in [-0.15, -0.1) is 0 Å². The molecule has 0 spiro atoms. The molecule has 114 valence electrons. The first kappa shape index (κ1) is 15.5. The molecular weight excluding hydrogens is 268 g/mol. The van der Waals surface area contributed by atoms with Crippen molar-refractivity contribution in [1.82, 2.24) is 0 Å². The normalized spacial score (nSPS) is 18.4. The number of nitrogens with two attached hydrogens (primary N) is 1. The molecule has 2 rings (SSSR count). The number of hydrogen-bond acceptors (Lipinski definition) is 3. The molecule has 1 aliphatic rings. The van der Waals surface area contributed by atoms with Crippen molar-refractivity contribution >= 4 is 17.5 Å². The molecule has 0 aliphatic carbocycles. The van der Waals surface area contributed by atoms with Gasteiger partial charge in [0.25, 0.3) is 5.91 Å². The Kier molecular flexibility index (Phi) is 5.33. The molecule has 5 nitrogen and oxygen atoms in total. The van der Waals surface area contributed by atoms with E-state index in [4.69, 9.17) is 4.74 Å². The lowest BCUT2D eigenvalue weighted by molar-refractivity contribution is -0.674. The minimum Gasteiger partial charge on any atom is -0.494 e. The molecule has 21 heavy (non-hydrogen) atoms. The molecule has 0 saturated carbocycles. The number of amides is 2. The number of benzene rings is 1. The van der Waals surface area contributed by atoms with Crippen LogP contribution in [0.3, 0.4) is 0 Å². The van der Waals surface area contributed by atoms with Crippen molar-refractivity contribution in [2.75, 3.05) is 18.1 Å². The van der Waals surface area contributed by atoms with E-state index in [0.717, 1.165) is 25.1 Å². The summed E-state index contributed by atoms with van der Waals surface area (Å²) in [7, 11) is 0. The van der Waals surface area contributed by atoms with Gasteiger partial charge in [0.2, 0.25) is 5.91 Å². The topological polar surface area (TPSA) is 63.2 Å². The van der Waals surface area contributed by atoms with E-state index in [0.29, 0.717) is 12.3 Å². The van der Waals surface area contributed by atoms with Crippen molar-refractivity contribution in [2.24, 2.45) is 0 Å². The molecule has 0 aromatic heterocycles. The molecule has 1 heterocycles. The number of hydrogen-bond donors (Lipinski definition) is 1. The van der Waals surface area contributed by atoms with Crippen molar-refractivity contribution in [3.8, 4) is 5.75 Å². The molecule has 5 heteroatoms. The summed E-state index contributed by atoms with van der Waals surface area (Å²) < 4.78 is 5.51. The summed E-state index contributed by atoms with van der Waals surface area (Å²) in [5.74, 6) is 0.518.